The van der Waals surface area contributed by atoms with E-state index in [2.05, 4.69) is 26.1 Å². The van der Waals surface area contributed by atoms with Crippen LogP contribution in [0.4, 0.5) is 4.39 Å². The molecule has 5 heteroatoms. The zero-order chi connectivity index (χ0) is 12.3. The van der Waals surface area contributed by atoms with Crippen LogP contribution in [-0.2, 0) is 6.54 Å². The van der Waals surface area contributed by atoms with Gasteiger partial charge in [0, 0.05) is 42.8 Å². The standard InChI is InChI=1S/C12H16BrFN2O/c1-17-11-7-10(13)6-9(12(11)14)8-16-4-2-15-3-5-16/h6-7,15H,2-5,8H2,1H3. The Kier molecular flexibility index (Phi) is 4.36. The summed E-state index contributed by atoms with van der Waals surface area (Å²) < 4.78 is 19.9. The lowest BCUT2D eigenvalue weighted by Crippen LogP contribution is -2.43. The van der Waals surface area contributed by atoms with Gasteiger partial charge in [0.1, 0.15) is 0 Å². The van der Waals surface area contributed by atoms with Gasteiger partial charge in [-0.1, -0.05) is 15.9 Å². The average Bonchev–Trinajstić information content (AvgIpc) is 2.34. The molecule has 1 aromatic carbocycles. The maximum Gasteiger partial charge on any atom is 0.169 e. The second-order valence-electron chi connectivity index (χ2n) is 4.11. The second kappa shape index (κ2) is 5.80. The van der Waals surface area contributed by atoms with Crippen molar-refractivity contribution in [2.24, 2.45) is 0 Å². The smallest absolute Gasteiger partial charge is 0.169 e. The first-order valence-electron chi connectivity index (χ1n) is 5.65. The number of halogens is 2. The van der Waals surface area contributed by atoms with E-state index in [0.29, 0.717) is 17.9 Å². The molecule has 1 aliphatic rings. The molecule has 1 heterocycles. The molecule has 3 nitrogen and oxygen atoms in total. The van der Waals surface area contributed by atoms with Crippen LogP contribution >= 0.6 is 15.9 Å². The monoisotopic (exact) mass is 302 g/mol. The molecule has 1 N–H and O–H groups in total. The minimum Gasteiger partial charge on any atom is -0.494 e. The first-order valence-corrected chi connectivity index (χ1v) is 6.45. The van der Waals surface area contributed by atoms with Crippen LogP contribution in [0.3, 0.4) is 0 Å². The van der Waals surface area contributed by atoms with Crippen molar-refractivity contribution in [2.45, 2.75) is 6.54 Å². The van der Waals surface area contributed by atoms with Crippen molar-refractivity contribution in [1.29, 1.82) is 0 Å². The van der Waals surface area contributed by atoms with Gasteiger partial charge < -0.3 is 10.1 Å². The maximum absolute atomic E-state index is 14.0. The van der Waals surface area contributed by atoms with Crippen LogP contribution in [0, 0.1) is 5.82 Å². The number of piperazine rings is 1. The quantitative estimate of drug-likeness (QED) is 0.924. The van der Waals surface area contributed by atoms with Crippen molar-refractivity contribution in [3.05, 3.63) is 28.0 Å². The number of hydrogen-bond acceptors (Lipinski definition) is 3. The molecule has 1 fully saturated rings. The van der Waals surface area contributed by atoms with E-state index in [-0.39, 0.29) is 5.82 Å². The summed E-state index contributed by atoms with van der Waals surface area (Å²) in [6, 6.07) is 3.47. The van der Waals surface area contributed by atoms with Crippen molar-refractivity contribution in [3.63, 3.8) is 0 Å². The van der Waals surface area contributed by atoms with Crippen LogP contribution in [0.1, 0.15) is 5.56 Å². The van der Waals surface area contributed by atoms with Crippen LogP contribution in [0.15, 0.2) is 16.6 Å². The van der Waals surface area contributed by atoms with E-state index in [9.17, 15) is 4.39 Å². The third-order valence-corrected chi connectivity index (χ3v) is 3.36. The molecule has 1 aliphatic heterocycles. The number of benzene rings is 1. The van der Waals surface area contributed by atoms with Gasteiger partial charge in [0.25, 0.3) is 0 Å². The molecule has 94 valence electrons. The van der Waals surface area contributed by atoms with Crippen LogP contribution < -0.4 is 10.1 Å². The Labute approximate surface area is 109 Å². The van der Waals surface area contributed by atoms with E-state index in [1.54, 1.807) is 6.07 Å². The summed E-state index contributed by atoms with van der Waals surface area (Å²) in [6.45, 7) is 4.46. The number of nitrogens with one attached hydrogen (secondary N) is 1. The SMILES string of the molecule is COc1cc(Br)cc(CN2CCNCC2)c1F. The highest BCUT2D eigenvalue weighted by Gasteiger charge is 2.15. The Bertz CT molecular complexity index is 394. The summed E-state index contributed by atoms with van der Waals surface area (Å²) in [5.74, 6) is 0.0405. The van der Waals surface area contributed by atoms with E-state index in [1.165, 1.54) is 7.11 Å². The van der Waals surface area contributed by atoms with Gasteiger partial charge >= 0.3 is 0 Å². The molecule has 0 bridgehead atoms. The van der Waals surface area contributed by atoms with E-state index in [0.717, 1.165) is 30.7 Å². The predicted molar refractivity (Wildman–Crippen MR) is 68.8 cm³/mol. The van der Waals surface area contributed by atoms with Crippen molar-refractivity contribution >= 4 is 15.9 Å². The van der Waals surface area contributed by atoms with E-state index < -0.39 is 0 Å². The van der Waals surface area contributed by atoms with Gasteiger partial charge in [0.2, 0.25) is 0 Å². The first-order chi connectivity index (χ1) is 8.20. The molecule has 2 rings (SSSR count). The molecule has 1 aromatic rings. The molecule has 0 atom stereocenters. The third-order valence-electron chi connectivity index (χ3n) is 2.90. The van der Waals surface area contributed by atoms with Crippen LogP contribution in [0.5, 0.6) is 5.75 Å². The summed E-state index contributed by atoms with van der Waals surface area (Å²) in [4.78, 5) is 2.24. The second-order valence-corrected chi connectivity index (χ2v) is 5.02. The molecule has 0 aromatic heterocycles. The van der Waals surface area contributed by atoms with Gasteiger partial charge in [-0.15, -0.1) is 0 Å². The van der Waals surface area contributed by atoms with Gasteiger partial charge in [0.05, 0.1) is 7.11 Å². The van der Waals surface area contributed by atoms with Crippen LogP contribution in [0.25, 0.3) is 0 Å². The van der Waals surface area contributed by atoms with Crippen LogP contribution in [0.2, 0.25) is 0 Å². The summed E-state index contributed by atoms with van der Waals surface area (Å²) in [7, 11) is 1.49. The fraction of sp³-hybridized carbons (Fsp3) is 0.500. The molecule has 0 radical (unpaired) electrons. The van der Waals surface area contributed by atoms with E-state index in [4.69, 9.17) is 4.74 Å². The van der Waals surface area contributed by atoms with Crippen molar-refractivity contribution in [3.8, 4) is 5.75 Å². The predicted octanol–water partition coefficient (Wildman–Crippen LogP) is 2.00. The van der Waals surface area contributed by atoms with Gasteiger partial charge in [-0.2, -0.15) is 0 Å². The van der Waals surface area contributed by atoms with Gasteiger partial charge in [-0.3, -0.25) is 4.90 Å². The largest absolute Gasteiger partial charge is 0.494 e. The normalized spacial score (nSPS) is 17.1. The van der Waals surface area contributed by atoms with Gasteiger partial charge in [-0.25, -0.2) is 4.39 Å². The lowest BCUT2D eigenvalue weighted by molar-refractivity contribution is 0.229. The molecular weight excluding hydrogens is 287 g/mol. The lowest BCUT2D eigenvalue weighted by atomic mass is 10.1. The van der Waals surface area contributed by atoms with Gasteiger partial charge in [-0.05, 0) is 12.1 Å². The number of hydrogen-bond donors (Lipinski definition) is 1. The lowest BCUT2D eigenvalue weighted by Gasteiger charge is -2.27. The highest BCUT2D eigenvalue weighted by molar-refractivity contribution is 9.10. The molecule has 0 aliphatic carbocycles. The first kappa shape index (κ1) is 12.8. The van der Waals surface area contributed by atoms with Gasteiger partial charge in [0.15, 0.2) is 11.6 Å². The zero-order valence-electron chi connectivity index (χ0n) is 9.80. The molecule has 0 unspecified atom stereocenters. The van der Waals surface area contributed by atoms with E-state index in [1.807, 2.05) is 6.07 Å². The van der Waals surface area contributed by atoms with Crippen molar-refractivity contribution in [1.82, 2.24) is 10.2 Å². The minimum absolute atomic E-state index is 0.255. The summed E-state index contributed by atoms with van der Waals surface area (Å²) in [5.41, 5.74) is 0.679. The Balaban J connectivity index is 2.16. The fourth-order valence-electron chi connectivity index (χ4n) is 1.99. The number of methoxy groups -OCH3 is 1. The van der Waals surface area contributed by atoms with E-state index >= 15 is 0 Å². The summed E-state index contributed by atoms with van der Waals surface area (Å²) in [6.07, 6.45) is 0. The molecule has 17 heavy (non-hydrogen) atoms. The number of rotatable bonds is 3. The minimum atomic E-state index is -0.255. The fourth-order valence-corrected chi connectivity index (χ4v) is 2.48. The highest BCUT2D eigenvalue weighted by Crippen LogP contribution is 2.27. The Hall–Kier alpha value is -0.650. The molecule has 0 spiro atoms. The maximum atomic E-state index is 14.0. The average molecular weight is 303 g/mol. The Morgan fingerprint density at radius 2 is 2.12 bits per heavy atom. The summed E-state index contributed by atoms with van der Waals surface area (Å²) >= 11 is 3.38. The van der Waals surface area contributed by atoms with Crippen LogP contribution in [-0.4, -0.2) is 38.2 Å². The molecule has 0 amide bonds. The third kappa shape index (κ3) is 3.18. The summed E-state index contributed by atoms with van der Waals surface area (Å²) in [5, 5.41) is 3.28. The van der Waals surface area contributed by atoms with Crippen molar-refractivity contribution < 1.29 is 9.13 Å². The van der Waals surface area contributed by atoms with Crippen molar-refractivity contribution in [2.75, 3.05) is 33.3 Å². The Morgan fingerprint density at radius 1 is 1.41 bits per heavy atom. The highest BCUT2D eigenvalue weighted by atomic mass is 79.9. The molecule has 0 saturated carbocycles. The zero-order valence-corrected chi connectivity index (χ0v) is 11.4. The molecular formula is C12H16BrFN2O. The molecule has 1 saturated heterocycles. The topological polar surface area (TPSA) is 24.5 Å². The number of ether oxygens (including phenoxy) is 1. The Morgan fingerprint density at radius 3 is 2.76 bits per heavy atom. The number of nitrogens with zero attached hydrogens (tertiary/aromatic N) is 1.